The smallest absolute Gasteiger partial charge is 0.0779 e. The summed E-state index contributed by atoms with van der Waals surface area (Å²) in [4.78, 5) is 0. The van der Waals surface area contributed by atoms with Gasteiger partial charge in [-0.3, -0.25) is 0 Å². The minimum atomic E-state index is 0.0406. The number of aryl methyl sites for hydroxylation is 1. The van der Waals surface area contributed by atoms with Crippen molar-refractivity contribution in [2.75, 3.05) is 13.2 Å². The first-order valence-electron chi connectivity index (χ1n) is 6.53. The molecule has 2 atom stereocenters. The van der Waals surface area contributed by atoms with E-state index in [9.17, 15) is 0 Å². The second kappa shape index (κ2) is 5.19. The molecule has 1 fully saturated rings. The summed E-state index contributed by atoms with van der Waals surface area (Å²) in [5.41, 5.74) is 2.70. The van der Waals surface area contributed by atoms with Crippen molar-refractivity contribution in [3.05, 3.63) is 35.4 Å². The minimum absolute atomic E-state index is 0.0406. The summed E-state index contributed by atoms with van der Waals surface area (Å²) in [6.07, 6.45) is 2.36. The van der Waals surface area contributed by atoms with E-state index in [1.165, 1.54) is 24.0 Å². The first-order valence-corrected chi connectivity index (χ1v) is 6.53. The zero-order valence-corrected chi connectivity index (χ0v) is 11.1. The average molecular weight is 233 g/mol. The Hall–Kier alpha value is -0.860. The maximum Gasteiger partial charge on any atom is 0.0779 e. The van der Waals surface area contributed by atoms with Gasteiger partial charge >= 0.3 is 0 Å². The van der Waals surface area contributed by atoms with Gasteiger partial charge in [-0.15, -0.1) is 0 Å². The van der Waals surface area contributed by atoms with Crippen LogP contribution in [0.4, 0.5) is 0 Å². The Morgan fingerprint density at radius 3 is 2.65 bits per heavy atom. The first-order chi connectivity index (χ1) is 8.09. The third-order valence-corrected chi connectivity index (χ3v) is 3.66. The molecule has 1 aromatic carbocycles. The molecule has 1 aliphatic heterocycles. The van der Waals surface area contributed by atoms with E-state index in [0.717, 1.165) is 13.2 Å². The molecule has 1 saturated heterocycles. The molecule has 1 N–H and O–H groups in total. The van der Waals surface area contributed by atoms with Gasteiger partial charge in [0, 0.05) is 19.2 Å². The van der Waals surface area contributed by atoms with Gasteiger partial charge in [0.15, 0.2) is 0 Å². The third kappa shape index (κ3) is 3.30. The Kier molecular flexibility index (Phi) is 3.85. The number of rotatable bonds is 4. The second-order valence-corrected chi connectivity index (χ2v) is 5.42. The van der Waals surface area contributed by atoms with Crippen LogP contribution in [0.25, 0.3) is 0 Å². The summed E-state index contributed by atoms with van der Waals surface area (Å²) in [6.45, 7) is 8.38. The monoisotopic (exact) mass is 233 g/mol. The maximum atomic E-state index is 5.78. The zero-order chi connectivity index (χ0) is 12.3. The molecule has 2 heteroatoms. The molecule has 1 aliphatic rings. The fraction of sp³-hybridized carbons (Fsp3) is 0.600. The lowest BCUT2D eigenvalue weighted by atomic mass is 10.0. The van der Waals surface area contributed by atoms with Crippen LogP contribution < -0.4 is 5.32 Å². The molecular weight excluding hydrogens is 210 g/mol. The van der Waals surface area contributed by atoms with E-state index in [1.807, 2.05) is 0 Å². The van der Waals surface area contributed by atoms with Gasteiger partial charge in [0.05, 0.1) is 5.60 Å². The molecule has 2 nitrogen and oxygen atoms in total. The van der Waals surface area contributed by atoms with Crippen LogP contribution in [0.5, 0.6) is 0 Å². The summed E-state index contributed by atoms with van der Waals surface area (Å²) in [5.74, 6) is 0. The van der Waals surface area contributed by atoms with Gasteiger partial charge in [-0.25, -0.2) is 0 Å². The van der Waals surface area contributed by atoms with Crippen molar-refractivity contribution in [1.29, 1.82) is 0 Å². The lowest BCUT2D eigenvalue weighted by molar-refractivity contribution is 0.0191. The van der Waals surface area contributed by atoms with Crippen molar-refractivity contribution in [3.63, 3.8) is 0 Å². The first kappa shape index (κ1) is 12.6. The van der Waals surface area contributed by atoms with Crippen molar-refractivity contribution >= 4 is 0 Å². The van der Waals surface area contributed by atoms with Gasteiger partial charge in [-0.05, 0) is 39.2 Å². The van der Waals surface area contributed by atoms with Crippen LogP contribution in [-0.2, 0) is 4.74 Å². The van der Waals surface area contributed by atoms with Crippen molar-refractivity contribution in [2.45, 2.75) is 45.3 Å². The van der Waals surface area contributed by atoms with Gasteiger partial charge in [0.2, 0.25) is 0 Å². The molecule has 0 radical (unpaired) electrons. The zero-order valence-electron chi connectivity index (χ0n) is 11.1. The molecule has 0 aliphatic carbocycles. The Labute approximate surface area is 104 Å². The fourth-order valence-electron chi connectivity index (χ4n) is 2.32. The van der Waals surface area contributed by atoms with E-state index in [2.05, 4.69) is 50.4 Å². The van der Waals surface area contributed by atoms with Crippen LogP contribution in [0.1, 0.15) is 43.9 Å². The molecule has 2 unspecified atom stereocenters. The van der Waals surface area contributed by atoms with Crippen molar-refractivity contribution in [3.8, 4) is 0 Å². The highest BCUT2D eigenvalue weighted by molar-refractivity contribution is 5.23. The van der Waals surface area contributed by atoms with E-state index in [4.69, 9.17) is 4.74 Å². The van der Waals surface area contributed by atoms with Crippen LogP contribution in [0.15, 0.2) is 24.3 Å². The van der Waals surface area contributed by atoms with Crippen LogP contribution in [-0.4, -0.2) is 18.8 Å². The SMILES string of the molecule is Cc1ccc(C(C)NCC2(C)CCCO2)cc1. The third-order valence-electron chi connectivity index (χ3n) is 3.66. The molecule has 2 rings (SSSR count). The fourth-order valence-corrected chi connectivity index (χ4v) is 2.32. The van der Waals surface area contributed by atoms with Crippen molar-refractivity contribution < 1.29 is 4.74 Å². The van der Waals surface area contributed by atoms with Crippen LogP contribution >= 0.6 is 0 Å². The lowest BCUT2D eigenvalue weighted by Crippen LogP contribution is -2.38. The molecule has 0 aromatic heterocycles. The largest absolute Gasteiger partial charge is 0.374 e. The predicted molar refractivity (Wildman–Crippen MR) is 71.2 cm³/mol. The molecule has 94 valence electrons. The van der Waals surface area contributed by atoms with Crippen LogP contribution in [0.3, 0.4) is 0 Å². The predicted octanol–water partition coefficient (Wildman–Crippen LogP) is 3.21. The maximum absolute atomic E-state index is 5.78. The van der Waals surface area contributed by atoms with E-state index in [0.29, 0.717) is 6.04 Å². The Morgan fingerprint density at radius 1 is 1.35 bits per heavy atom. The molecule has 1 heterocycles. The molecule has 0 amide bonds. The van der Waals surface area contributed by atoms with Gasteiger partial charge in [-0.2, -0.15) is 0 Å². The van der Waals surface area contributed by atoms with E-state index >= 15 is 0 Å². The summed E-state index contributed by atoms with van der Waals surface area (Å²) >= 11 is 0. The van der Waals surface area contributed by atoms with E-state index < -0.39 is 0 Å². The number of hydrogen-bond donors (Lipinski definition) is 1. The van der Waals surface area contributed by atoms with Crippen molar-refractivity contribution in [2.24, 2.45) is 0 Å². The van der Waals surface area contributed by atoms with E-state index in [1.54, 1.807) is 0 Å². The van der Waals surface area contributed by atoms with Crippen molar-refractivity contribution in [1.82, 2.24) is 5.32 Å². The highest BCUT2D eigenvalue weighted by Gasteiger charge is 2.29. The number of ether oxygens (including phenoxy) is 1. The molecule has 0 saturated carbocycles. The van der Waals surface area contributed by atoms with Crippen LogP contribution in [0.2, 0.25) is 0 Å². The highest BCUT2D eigenvalue weighted by atomic mass is 16.5. The molecule has 0 spiro atoms. The van der Waals surface area contributed by atoms with Gasteiger partial charge < -0.3 is 10.1 Å². The van der Waals surface area contributed by atoms with Gasteiger partial charge in [0.25, 0.3) is 0 Å². The summed E-state index contributed by atoms with van der Waals surface area (Å²) in [7, 11) is 0. The Morgan fingerprint density at radius 2 is 2.06 bits per heavy atom. The minimum Gasteiger partial charge on any atom is -0.374 e. The standard InChI is InChI=1S/C15H23NO/c1-12-5-7-14(8-6-12)13(2)16-11-15(3)9-4-10-17-15/h5-8,13,16H,4,9-11H2,1-3H3. The topological polar surface area (TPSA) is 21.3 Å². The Bertz CT molecular complexity index is 352. The number of nitrogens with one attached hydrogen (secondary N) is 1. The normalized spacial score (nSPS) is 26.1. The van der Waals surface area contributed by atoms with Crippen LogP contribution in [0, 0.1) is 6.92 Å². The Balaban J connectivity index is 1.88. The highest BCUT2D eigenvalue weighted by Crippen LogP contribution is 2.25. The lowest BCUT2D eigenvalue weighted by Gasteiger charge is -2.26. The number of benzene rings is 1. The quantitative estimate of drug-likeness (QED) is 0.862. The van der Waals surface area contributed by atoms with E-state index in [-0.39, 0.29) is 5.60 Å². The summed E-state index contributed by atoms with van der Waals surface area (Å²) < 4.78 is 5.78. The van der Waals surface area contributed by atoms with Gasteiger partial charge in [-0.1, -0.05) is 29.8 Å². The molecule has 0 bridgehead atoms. The summed E-state index contributed by atoms with van der Waals surface area (Å²) in [6, 6.07) is 9.12. The molecule has 17 heavy (non-hydrogen) atoms. The summed E-state index contributed by atoms with van der Waals surface area (Å²) in [5, 5.41) is 3.58. The average Bonchev–Trinajstić information content (AvgIpc) is 2.75. The second-order valence-electron chi connectivity index (χ2n) is 5.42. The van der Waals surface area contributed by atoms with Gasteiger partial charge in [0.1, 0.15) is 0 Å². The number of hydrogen-bond acceptors (Lipinski definition) is 2. The molecule has 1 aromatic rings. The molecular formula is C15H23NO.